The van der Waals surface area contributed by atoms with Crippen LogP contribution < -0.4 is 16.0 Å². The molecule has 0 aliphatic heterocycles. The fourth-order valence-corrected chi connectivity index (χ4v) is 3.92. The van der Waals surface area contributed by atoms with Crippen molar-refractivity contribution in [2.24, 2.45) is 11.8 Å². The van der Waals surface area contributed by atoms with Crippen LogP contribution in [-0.4, -0.2) is 53.1 Å². The molecular formula is C27H37BClN3O6. The Hall–Kier alpha value is -3.08. The summed E-state index contributed by atoms with van der Waals surface area (Å²) >= 11 is 5.98. The Morgan fingerprint density at radius 1 is 0.842 bits per heavy atom. The lowest BCUT2D eigenvalue weighted by Crippen LogP contribution is -2.58. The van der Waals surface area contributed by atoms with Crippen LogP contribution in [0.25, 0.3) is 0 Å². The molecule has 11 heteroatoms. The molecule has 0 bridgehead atoms. The summed E-state index contributed by atoms with van der Waals surface area (Å²) in [6.07, 6.45) is -0.351. The molecule has 2 rings (SSSR count). The summed E-state index contributed by atoms with van der Waals surface area (Å²) in [5, 5.41) is 27.8. The molecule has 0 aliphatic carbocycles. The van der Waals surface area contributed by atoms with Gasteiger partial charge < -0.3 is 30.7 Å². The zero-order chi connectivity index (χ0) is 28.2. The van der Waals surface area contributed by atoms with Crippen LogP contribution in [0.5, 0.6) is 0 Å². The molecule has 0 aliphatic rings. The lowest BCUT2D eigenvalue weighted by Gasteiger charge is -2.27. The smallest absolute Gasteiger partial charge is 0.445 e. The van der Waals surface area contributed by atoms with Gasteiger partial charge in [-0.15, -0.1) is 0 Å². The van der Waals surface area contributed by atoms with Gasteiger partial charge in [0.15, 0.2) is 0 Å². The number of nitrogens with one attached hydrogen (secondary N) is 3. The number of amides is 3. The second-order valence-electron chi connectivity index (χ2n) is 9.97. The molecule has 38 heavy (non-hydrogen) atoms. The van der Waals surface area contributed by atoms with Gasteiger partial charge >= 0.3 is 13.2 Å². The summed E-state index contributed by atoms with van der Waals surface area (Å²) in [5.41, 5.74) is 1.53. The number of hydrogen-bond acceptors (Lipinski definition) is 6. The molecular weight excluding hydrogens is 509 g/mol. The van der Waals surface area contributed by atoms with Gasteiger partial charge in [-0.2, -0.15) is 0 Å². The highest BCUT2D eigenvalue weighted by Crippen LogP contribution is 2.13. The number of ether oxygens (including phenoxy) is 1. The second kappa shape index (κ2) is 15.4. The van der Waals surface area contributed by atoms with Crippen molar-refractivity contribution in [1.82, 2.24) is 16.0 Å². The first-order valence-corrected chi connectivity index (χ1v) is 13.0. The molecule has 0 heterocycles. The van der Waals surface area contributed by atoms with Gasteiger partial charge in [0.1, 0.15) is 18.7 Å². The number of alkyl carbamates (subject to hydrolysis) is 1. The zero-order valence-corrected chi connectivity index (χ0v) is 22.9. The van der Waals surface area contributed by atoms with E-state index >= 15 is 0 Å². The normalized spacial score (nSPS) is 13.4. The summed E-state index contributed by atoms with van der Waals surface area (Å²) in [5.74, 6) is -2.25. The van der Waals surface area contributed by atoms with Crippen LogP contribution >= 0.6 is 11.6 Å². The summed E-state index contributed by atoms with van der Waals surface area (Å²) in [6.45, 7) is 7.32. The van der Waals surface area contributed by atoms with Crippen LogP contribution in [-0.2, 0) is 27.4 Å². The Morgan fingerprint density at radius 3 is 2.00 bits per heavy atom. The topological polar surface area (TPSA) is 137 Å². The van der Waals surface area contributed by atoms with Gasteiger partial charge in [-0.25, -0.2) is 4.79 Å². The number of carbonyl (C=O) groups excluding carboxylic acids is 3. The van der Waals surface area contributed by atoms with Gasteiger partial charge in [-0.05, 0) is 41.5 Å². The summed E-state index contributed by atoms with van der Waals surface area (Å²) in [4.78, 5) is 39.0. The van der Waals surface area contributed by atoms with E-state index in [-0.39, 0.29) is 24.9 Å². The average Bonchev–Trinajstić information content (AvgIpc) is 2.86. The molecule has 0 fully saturated rings. The van der Waals surface area contributed by atoms with Crippen molar-refractivity contribution in [3.8, 4) is 0 Å². The van der Waals surface area contributed by atoms with Gasteiger partial charge in [0, 0.05) is 11.4 Å². The third-order valence-electron chi connectivity index (χ3n) is 5.86. The van der Waals surface area contributed by atoms with Gasteiger partial charge in [0.05, 0.1) is 5.94 Å². The van der Waals surface area contributed by atoms with Crippen molar-refractivity contribution >= 4 is 36.6 Å². The Bertz CT molecular complexity index is 1030. The molecule has 0 aromatic heterocycles. The third-order valence-corrected chi connectivity index (χ3v) is 6.11. The van der Waals surface area contributed by atoms with Crippen molar-refractivity contribution in [2.75, 3.05) is 0 Å². The van der Waals surface area contributed by atoms with E-state index in [0.717, 1.165) is 11.1 Å². The highest BCUT2D eigenvalue weighted by Gasteiger charge is 2.33. The van der Waals surface area contributed by atoms with Crippen LogP contribution in [0.4, 0.5) is 4.79 Å². The summed E-state index contributed by atoms with van der Waals surface area (Å²) < 4.78 is 5.30. The first-order chi connectivity index (χ1) is 18.0. The van der Waals surface area contributed by atoms with E-state index in [0.29, 0.717) is 11.4 Å². The highest BCUT2D eigenvalue weighted by molar-refractivity contribution is 6.43. The molecule has 206 valence electrons. The summed E-state index contributed by atoms with van der Waals surface area (Å²) in [6, 6.07) is 14.0. The van der Waals surface area contributed by atoms with E-state index in [9.17, 15) is 24.4 Å². The summed E-state index contributed by atoms with van der Waals surface area (Å²) in [7, 11) is -1.76. The van der Waals surface area contributed by atoms with Crippen molar-refractivity contribution in [3.05, 3.63) is 70.7 Å². The first kappa shape index (κ1) is 31.1. The van der Waals surface area contributed by atoms with Crippen LogP contribution in [0.1, 0.15) is 45.2 Å². The lowest BCUT2D eigenvalue weighted by atomic mass is 9.73. The molecule has 0 radical (unpaired) electrons. The Balaban J connectivity index is 2.18. The highest BCUT2D eigenvalue weighted by atomic mass is 35.5. The number of halogens is 1. The Morgan fingerprint density at radius 2 is 1.45 bits per heavy atom. The van der Waals surface area contributed by atoms with E-state index < -0.39 is 43.1 Å². The standard InChI is InChI=1S/C27H37BClN3O6/c1-17(2)14-22(26(34)32-24(18(3)4)28(36)37)30-25(33)23(15-19-10-12-21(29)13-11-19)31-27(35)38-16-20-8-6-5-7-9-20/h5-13,17-18,22-24,36-37H,14-16H2,1-4H3,(H,30,33)(H,31,35)(H,32,34)/t22-,23-,24-/m0/s1. The SMILES string of the molecule is CC(C)C[C@H](NC(=O)[C@H](Cc1ccc(Cl)cc1)NC(=O)OCc1ccccc1)C(=O)N[C@H](B(O)O)C(C)C. The molecule has 2 aromatic carbocycles. The van der Waals surface area contributed by atoms with Crippen LogP contribution in [0.3, 0.4) is 0 Å². The van der Waals surface area contributed by atoms with E-state index in [4.69, 9.17) is 16.3 Å². The van der Waals surface area contributed by atoms with Crippen molar-refractivity contribution in [2.45, 2.75) is 65.2 Å². The minimum atomic E-state index is -1.76. The van der Waals surface area contributed by atoms with Gasteiger partial charge in [-0.1, -0.05) is 81.8 Å². The van der Waals surface area contributed by atoms with E-state index in [1.807, 2.05) is 44.2 Å². The lowest BCUT2D eigenvalue weighted by molar-refractivity contribution is -0.130. The fraction of sp³-hybridized carbons (Fsp3) is 0.444. The van der Waals surface area contributed by atoms with Gasteiger partial charge in [0.2, 0.25) is 11.8 Å². The van der Waals surface area contributed by atoms with E-state index in [2.05, 4.69) is 16.0 Å². The maximum absolute atomic E-state index is 13.4. The monoisotopic (exact) mass is 545 g/mol. The average molecular weight is 546 g/mol. The molecule has 0 unspecified atom stereocenters. The number of carbonyl (C=O) groups is 3. The first-order valence-electron chi connectivity index (χ1n) is 12.6. The second-order valence-corrected chi connectivity index (χ2v) is 10.4. The number of benzene rings is 2. The molecule has 5 N–H and O–H groups in total. The van der Waals surface area contributed by atoms with Gasteiger partial charge in [0.25, 0.3) is 0 Å². The minimum Gasteiger partial charge on any atom is -0.445 e. The molecule has 9 nitrogen and oxygen atoms in total. The van der Waals surface area contributed by atoms with Crippen LogP contribution in [0.15, 0.2) is 54.6 Å². The quantitative estimate of drug-likeness (QED) is 0.246. The molecule has 3 atom stereocenters. The Labute approximate surface area is 229 Å². The largest absolute Gasteiger partial charge is 0.475 e. The van der Waals surface area contributed by atoms with Crippen molar-refractivity contribution < 1.29 is 29.2 Å². The zero-order valence-electron chi connectivity index (χ0n) is 22.2. The number of rotatable bonds is 13. The predicted molar refractivity (Wildman–Crippen MR) is 147 cm³/mol. The fourth-order valence-electron chi connectivity index (χ4n) is 3.80. The van der Waals surface area contributed by atoms with Crippen LogP contribution in [0, 0.1) is 11.8 Å². The van der Waals surface area contributed by atoms with Crippen molar-refractivity contribution in [1.29, 1.82) is 0 Å². The minimum absolute atomic E-state index is 0.0282. The predicted octanol–water partition coefficient (Wildman–Crippen LogP) is 2.86. The molecule has 3 amide bonds. The van der Waals surface area contributed by atoms with Crippen LogP contribution in [0.2, 0.25) is 5.02 Å². The van der Waals surface area contributed by atoms with Gasteiger partial charge in [-0.3, -0.25) is 9.59 Å². The van der Waals surface area contributed by atoms with E-state index in [1.165, 1.54) is 0 Å². The maximum Gasteiger partial charge on any atom is 0.475 e. The molecule has 0 saturated heterocycles. The third kappa shape index (κ3) is 10.7. The Kier molecular flexibility index (Phi) is 12.6. The van der Waals surface area contributed by atoms with E-state index in [1.54, 1.807) is 38.1 Å². The number of hydrogen-bond donors (Lipinski definition) is 5. The molecule has 0 spiro atoms. The molecule has 0 saturated carbocycles. The van der Waals surface area contributed by atoms with Crippen molar-refractivity contribution in [3.63, 3.8) is 0 Å². The molecule has 2 aromatic rings. The maximum atomic E-state index is 13.4.